The zero-order valence-corrected chi connectivity index (χ0v) is 17.9. The van der Waals surface area contributed by atoms with Gasteiger partial charge in [-0.1, -0.05) is 46.5 Å². The second-order valence-corrected chi connectivity index (χ2v) is 9.45. The van der Waals surface area contributed by atoms with Crippen molar-refractivity contribution in [3.05, 3.63) is 30.1 Å². The van der Waals surface area contributed by atoms with Crippen molar-refractivity contribution in [2.24, 2.45) is 16.7 Å². The quantitative estimate of drug-likeness (QED) is 0.617. The summed E-state index contributed by atoms with van der Waals surface area (Å²) in [5.74, 6) is -2.41. The summed E-state index contributed by atoms with van der Waals surface area (Å²) in [5.41, 5.74) is 0.927. The molecule has 1 aliphatic carbocycles. The molecule has 1 aromatic heterocycles. The van der Waals surface area contributed by atoms with Gasteiger partial charge in [0.2, 0.25) is 5.91 Å². The molecule has 1 aromatic rings. The average Bonchev–Trinajstić information content (AvgIpc) is 2.67. The van der Waals surface area contributed by atoms with Crippen molar-refractivity contribution in [2.75, 3.05) is 0 Å². The highest BCUT2D eigenvalue weighted by Crippen LogP contribution is 2.52. The van der Waals surface area contributed by atoms with Gasteiger partial charge >= 0.3 is 0 Å². The largest absolute Gasteiger partial charge is 0.550 e. The molecule has 1 heterocycles. The summed E-state index contributed by atoms with van der Waals surface area (Å²) in [4.78, 5) is 27.7. The van der Waals surface area contributed by atoms with Crippen LogP contribution in [-0.2, 0) is 9.59 Å². The van der Waals surface area contributed by atoms with E-state index in [2.05, 4.69) is 31.1 Å². The molecule has 2 rings (SSSR count). The number of aliphatic carboxylic acids is 1. The Hall–Kier alpha value is -1.95. The first kappa shape index (κ1) is 23.3. The van der Waals surface area contributed by atoms with Crippen LogP contribution in [0.15, 0.2) is 24.5 Å². The lowest BCUT2D eigenvalue weighted by molar-refractivity contribution is -0.306. The topological polar surface area (TPSA) is 102 Å². The molecule has 29 heavy (non-hydrogen) atoms. The molecule has 1 amide bonds. The van der Waals surface area contributed by atoms with Crippen LogP contribution in [0.25, 0.3) is 0 Å². The molecule has 2 atom stereocenters. The predicted octanol–water partition coefficient (Wildman–Crippen LogP) is 3.11. The van der Waals surface area contributed by atoms with E-state index in [1.807, 2.05) is 0 Å². The van der Waals surface area contributed by atoms with E-state index in [4.69, 9.17) is 0 Å². The summed E-state index contributed by atoms with van der Waals surface area (Å²) in [6.45, 7) is 6.86. The maximum Gasteiger partial charge on any atom is 0.225 e. The fourth-order valence-corrected chi connectivity index (χ4v) is 4.70. The van der Waals surface area contributed by atoms with Gasteiger partial charge in [0, 0.05) is 29.8 Å². The molecule has 1 saturated carbocycles. The molecule has 2 N–H and O–H groups in total. The molecule has 6 nitrogen and oxygen atoms in total. The summed E-state index contributed by atoms with van der Waals surface area (Å²) in [7, 11) is 0. The summed E-state index contributed by atoms with van der Waals surface area (Å²) < 4.78 is 0. The average molecular weight is 404 g/mol. The van der Waals surface area contributed by atoms with Gasteiger partial charge in [0.05, 0.1) is 0 Å². The first-order chi connectivity index (χ1) is 13.6. The number of carbonyl (C=O) groups excluding carboxylic acids is 2. The fourth-order valence-electron chi connectivity index (χ4n) is 4.70. The Bertz CT molecular complexity index is 663. The van der Waals surface area contributed by atoms with Crippen molar-refractivity contribution in [1.82, 2.24) is 10.3 Å². The Morgan fingerprint density at radius 3 is 2.38 bits per heavy atom. The van der Waals surface area contributed by atoms with Crippen molar-refractivity contribution in [3.8, 4) is 0 Å². The number of nitrogens with zero attached hydrogens (tertiary/aromatic N) is 1. The van der Waals surface area contributed by atoms with Gasteiger partial charge in [0.15, 0.2) is 6.23 Å². The van der Waals surface area contributed by atoms with Gasteiger partial charge in [-0.15, -0.1) is 0 Å². The van der Waals surface area contributed by atoms with E-state index >= 15 is 0 Å². The van der Waals surface area contributed by atoms with Crippen LogP contribution < -0.4 is 10.4 Å². The van der Waals surface area contributed by atoms with Crippen molar-refractivity contribution in [3.63, 3.8) is 0 Å². The number of amides is 1. The monoisotopic (exact) mass is 403 g/mol. The molecule has 162 valence electrons. The van der Waals surface area contributed by atoms with Crippen molar-refractivity contribution in [2.45, 2.75) is 84.8 Å². The minimum atomic E-state index is -1.24. The van der Waals surface area contributed by atoms with Crippen LogP contribution in [0.1, 0.15) is 90.3 Å². The number of carboxylic acids is 1. The molecule has 1 aliphatic rings. The maximum absolute atomic E-state index is 12.6. The summed E-state index contributed by atoms with van der Waals surface area (Å²) >= 11 is 0. The van der Waals surface area contributed by atoms with Crippen LogP contribution in [0.4, 0.5) is 0 Å². The van der Waals surface area contributed by atoms with Gasteiger partial charge in [0.25, 0.3) is 0 Å². The Balaban J connectivity index is 1.98. The number of nitrogens with one attached hydrogen (secondary N) is 1. The predicted molar refractivity (Wildman–Crippen MR) is 109 cm³/mol. The highest BCUT2D eigenvalue weighted by atomic mass is 16.4. The molecule has 0 bridgehead atoms. The second kappa shape index (κ2) is 10.2. The highest BCUT2D eigenvalue weighted by Gasteiger charge is 2.41. The molecule has 0 saturated heterocycles. The van der Waals surface area contributed by atoms with Crippen molar-refractivity contribution < 1.29 is 19.8 Å². The molecule has 1 fully saturated rings. The van der Waals surface area contributed by atoms with Crippen LogP contribution >= 0.6 is 0 Å². The van der Waals surface area contributed by atoms with Gasteiger partial charge in [0.1, 0.15) is 0 Å². The number of aromatic nitrogens is 1. The van der Waals surface area contributed by atoms with E-state index in [1.165, 1.54) is 44.5 Å². The molecule has 6 heteroatoms. The van der Waals surface area contributed by atoms with Crippen LogP contribution in [0.5, 0.6) is 0 Å². The number of rotatable bonds is 9. The summed E-state index contributed by atoms with van der Waals surface area (Å²) in [6.07, 6.45) is 9.90. The smallest absolute Gasteiger partial charge is 0.225 e. The van der Waals surface area contributed by atoms with Gasteiger partial charge in [-0.3, -0.25) is 9.78 Å². The molecule has 2 unspecified atom stereocenters. The first-order valence-electron chi connectivity index (χ1n) is 10.7. The van der Waals surface area contributed by atoms with Gasteiger partial charge in [-0.25, -0.2) is 0 Å². The number of pyridine rings is 1. The lowest BCUT2D eigenvalue weighted by Gasteiger charge is -2.48. The van der Waals surface area contributed by atoms with Gasteiger partial charge in [-0.2, -0.15) is 0 Å². The zero-order chi connectivity index (χ0) is 21.5. The lowest BCUT2D eigenvalue weighted by Crippen LogP contribution is -2.39. The van der Waals surface area contributed by atoms with E-state index in [-0.39, 0.29) is 17.3 Å². The van der Waals surface area contributed by atoms with Crippen LogP contribution in [0.3, 0.4) is 0 Å². The molecular weight excluding hydrogens is 368 g/mol. The minimum absolute atomic E-state index is 0.178. The van der Waals surface area contributed by atoms with E-state index < -0.39 is 24.0 Å². The summed E-state index contributed by atoms with van der Waals surface area (Å²) in [6, 6.07) is 3.21. The molecule has 0 aromatic carbocycles. The molecule has 0 aliphatic heterocycles. The Kier molecular flexibility index (Phi) is 8.20. The normalized spacial score (nSPS) is 18.6. The van der Waals surface area contributed by atoms with Crippen LogP contribution in [0.2, 0.25) is 0 Å². The zero-order valence-electron chi connectivity index (χ0n) is 17.9. The summed E-state index contributed by atoms with van der Waals surface area (Å²) in [5, 5.41) is 24.0. The lowest BCUT2D eigenvalue weighted by atomic mass is 9.57. The standard InChI is InChI=1S/C23H36N2O4/c1-22(2,3)23(11-5-4-6-12-23)13-7-8-18(16-19(26)27)21(29)25-20(28)17-9-14-24-15-10-17/h9-10,14-15,18,20,28H,4-8,11-13,16H2,1-3H3,(H,25,29)(H,26,27)/p-1. The van der Waals surface area contributed by atoms with Crippen molar-refractivity contribution in [1.29, 1.82) is 0 Å². The minimum Gasteiger partial charge on any atom is -0.550 e. The molecule has 0 radical (unpaired) electrons. The molecular formula is C23H35N2O4-. The van der Waals surface area contributed by atoms with Gasteiger partial charge in [-0.05, 0) is 55.1 Å². The van der Waals surface area contributed by atoms with Gasteiger partial charge < -0.3 is 20.3 Å². The Morgan fingerprint density at radius 1 is 1.21 bits per heavy atom. The molecule has 0 spiro atoms. The first-order valence-corrected chi connectivity index (χ1v) is 10.7. The number of carbonyl (C=O) groups is 2. The number of aliphatic hydroxyl groups excluding tert-OH is 1. The maximum atomic E-state index is 12.6. The van der Waals surface area contributed by atoms with E-state index in [0.717, 1.165) is 12.8 Å². The number of hydrogen-bond acceptors (Lipinski definition) is 5. The Morgan fingerprint density at radius 2 is 1.83 bits per heavy atom. The highest BCUT2D eigenvalue weighted by molar-refractivity contribution is 5.82. The third-order valence-electron chi connectivity index (χ3n) is 6.69. The van der Waals surface area contributed by atoms with Crippen LogP contribution in [0, 0.1) is 16.7 Å². The van der Waals surface area contributed by atoms with Crippen LogP contribution in [-0.4, -0.2) is 22.0 Å². The third-order valence-corrected chi connectivity index (χ3v) is 6.69. The SMILES string of the molecule is CC(C)(C)C1(CCCC(CC(=O)[O-])C(=O)NC(O)c2ccncc2)CCCCC1. The number of hydrogen-bond donors (Lipinski definition) is 2. The Labute approximate surface area is 174 Å². The van der Waals surface area contributed by atoms with E-state index in [1.54, 1.807) is 12.1 Å². The number of carboxylic acid groups (broad SMARTS) is 1. The second-order valence-electron chi connectivity index (χ2n) is 9.45. The fraction of sp³-hybridized carbons (Fsp3) is 0.696. The number of aliphatic hydroxyl groups is 1. The third kappa shape index (κ3) is 6.53. The van der Waals surface area contributed by atoms with E-state index in [0.29, 0.717) is 12.0 Å². The van der Waals surface area contributed by atoms with Crippen molar-refractivity contribution >= 4 is 11.9 Å². The van der Waals surface area contributed by atoms with E-state index in [9.17, 15) is 19.8 Å².